The second-order valence-corrected chi connectivity index (χ2v) is 4.47. The topological polar surface area (TPSA) is 61.2 Å². The van der Waals surface area contributed by atoms with E-state index in [9.17, 15) is 9.59 Å². The molecule has 0 unspecified atom stereocenters. The number of rotatable bonds is 4. The number of nitrogens with zero attached hydrogens (tertiary/aromatic N) is 2. The summed E-state index contributed by atoms with van der Waals surface area (Å²) in [5, 5.41) is 0.362. The smallest absolute Gasteiger partial charge is 0.379 e. The first-order valence-corrected chi connectivity index (χ1v) is 6.43. The highest BCUT2D eigenvalue weighted by atomic mass is 35.5. The zero-order valence-electron chi connectivity index (χ0n) is 11.1. The Labute approximate surface area is 121 Å². The van der Waals surface area contributed by atoms with Crippen LogP contribution in [0.15, 0.2) is 30.6 Å². The number of aryl methyl sites for hydroxylation is 1. The quantitative estimate of drug-likeness (QED) is 0.494. The normalized spacial score (nSPS) is 10.3. The molecule has 6 heteroatoms. The first-order valence-electron chi connectivity index (χ1n) is 6.06. The molecule has 5 nitrogen and oxygen atoms in total. The lowest BCUT2D eigenvalue weighted by Gasteiger charge is -2.09. The number of Topliss-reactive ketones (excluding diaryl/α,β-unsaturated/α-hetero) is 1. The molecule has 0 N–H and O–H groups in total. The van der Waals surface area contributed by atoms with Crippen LogP contribution in [0.4, 0.5) is 0 Å². The second-order valence-electron chi connectivity index (χ2n) is 4.06. The van der Waals surface area contributed by atoms with Crippen molar-refractivity contribution in [3.63, 3.8) is 0 Å². The van der Waals surface area contributed by atoms with Gasteiger partial charge in [0.15, 0.2) is 0 Å². The summed E-state index contributed by atoms with van der Waals surface area (Å²) in [5.41, 5.74) is 0.900. The van der Waals surface area contributed by atoms with Crippen molar-refractivity contribution >= 4 is 23.4 Å². The maximum absolute atomic E-state index is 11.8. The molecule has 20 heavy (non-hydrogen) atoms. The number of halogens is 1. The number of ketones is 1. The molecule has 0 spiro atoms. The predicted octanol–water partition coefficient (Wildman–Crippen LogP) is 2.58. The van der Waals surface area contributed by atoms with E-state index in [0.717, 1.165) is 5.82 Å². The number of carbonyl (C=O) groups excluding carboxylic acids is 2. The summed E-state index contributed by atoms with van der Waals surface area (Å²) in [6.45, 7) is 3.64. The van der Waals surface area contributed by atoms with Crippen molar-refractivity contribution in [1.29, 1.82) is 0 Å². The fraction of sp³-hybridized carbons (Fsp3) is 0.214. The van der Waals surface area contributed by atoms with Gasteiger partial charge in [0.05, 0.1) is 17.3 Å². The van der Waals surface area contributed by atoms with Crippen molar-refractivity contribution in [3.05, 3.63) is 47.0 Å². The van der Waals surface area contributed by atoms with Crippen LogP contribution in [-0.4, -0.2) is 27.9 Å². The molecule has 2 rings (SSSR count). The standard InChI is InChI=1S/C14H13ClN2O3/c1-3-20-14(19)13(18)10-4-5-12(11(15)8-10)17-7-6-16-9(17)2/h4-8H,3H2,1-2H3. The molecule has 0 aliphatic heterocycles. The minimum Gasteiger partial charge on any atom is -0.460 e. The van der Waals surface area contributed by atoms with E-state index in [0.29, 0.717) is 10.7 Å². The lowest BCUT2D eigenvalue weighted by atomic mass is 10.1. The van der Waals surface area contributed by atoms with E-state index >= 15 is 0 Å². The molecule has 0 saturated heterocycles. The number of benzene rings is 1. The van der Waals surface area contributed by atoms with Gasteiger partial charge in [0.2, 0.25) is 0 Å². The van der Waals surface area contributed by atoms with E-state index in [1.807, 2.05) is 6.92 Å². The maximum Gasteiger partial charge on any atom is 0.379 e. The fourth-order valence-corrected chi connectivity index (χ4v) is 2.06. The highest BCUT2D eigenvalue weighted by molar-refractivity contribution is 6.41. The van der Waals surface area contributed by atoms with Crippen LogP contribution < -0.4 is 0 Å². The molecule has 0 amide bonds. The molecule has 1 heterocycles. The van der Waals surface area contributed by atoms with Gasteiger partial charge in [0, 0.05) is 18.0 Å². The fourth-order valence-electron chi connectivity index (χ4n) is 1.79. The summed E-state index contributed by atoms with van der Waals surface area (Å²) in [6.07, 6.45) is 3.42. The summed E-state index contributed by atoms with van der Waals surface area (Å²) in [5.74, 6) is -0.811. The summed E-state index contributed by atoms with van der Waals surface area (Å²) in [6, 6.07) is 4.67. The first-order chi connectivity index (χ1) is 9.54. The number of imidazole rings is 1. The van der Waals surface area contributed by atoms with Crippen LogP contribution in [0.25, 0.3) is 5.69 Å². The maximum atomic E-state index is 11.8. The van der Waals surface area contributed by atoms with Gasteiger partial charge in [-0.3, -0.25) is 4.79 Å². The Bertz CT molecular complexity index is 664. The van der Waals surface area contributed by atoms with E-state index in [1.54, 1.807) is 36.0 Å². The van der Waals surface area contributed by atoms with Crippen molar-refractivity contribution in [2.24, 2.45) is 0 Å². The van der Waals surface area contributed by atoms with Crippen LogP contribution in [0, 0.1) is 6.92 Å². The van der Waals surface area contributed by atoms with Gasteiger partial charge >= 0.3 is 5.97 Å². The number of hydrogen-bond acceptors (Lipinski definition) is 4. The Hall–Kier alpha value is -2.14. The molecule has 0 bridgehead atoms. The molecular weight excluding hydrogens is 280 g/mol. The average molecular weight is 293 g/mol. The van der Waals surface area contributed by atoms with E-state index in [2.05, 4.69) is 9.72 Å². The highest BCUT2D eigenvalue weighted by Gasteiger charge is 2.18. The van der Waals surface area contributed by atoms with Gasteiger partial charge in [-0.15, -0.1) is 0 Å². The number of hydrogen-bond donors (Lipinski definition) is 0. The Balaban J connectivity index is 2.33. The van der Waals surface area contributed by atoms with E-state index in [1.165, 1.54) is 6.07 Å². The zero-order valence-corrected chi connectivity index (χ0v) is 11.8. The van der Waals surface area contributed by atoms with Crippen molar-refractivity contribution in [2.75, 3.05) is 6.61 Å². The minimum atomic E-state index is -0.880. The van der Waals surface area contributed by atoms with E-state index in [-0.39, 0.29) is 12.2 Å². The minimum absolute atomic E-state index is 0.157. The molecular formula is C14H13ClN2O3. The average Bonchev–Trinajstić information content (AvgIpc) is 2.84. The Morgan fingerprint density at radius 3 is 2.70 bits per heavy atom. The third-order valence-corrected chi connectivity index (χ3v) is 3.06. The SMILES string of the molecule is CCOC(=O)C(=O)c1ccc(-n2ccnc2C)c(Cl)c1. The van der Waals surface area contributed by atoms with Crippen LogP contribution >= 0.6 is 11.6 Å². The Kier molecular flexibility index (Phi) is 4.20. The van der Waals surface area contributed by atoms with E-state index in [4.69, 9.17) is 11.6 Å². The van der Waals surface area contributed by atoms with Gasteiger partial charge in [-0.1, -0.05) is 11.6 Å². The summed E-state index contributed by atoms with van der Waals surface area (Å²) < 4.78 is 6.47. The third kappa shape index (κ3) is 2.72. The van der Waals surface area contributed by atoms with Gasteiger partial charge < -0.3 is 9.30 Å². The molecule has 1 aromatic carbocycles. The number of aromatic nitrogens is 2. The molecule has 0 aliphatic carbocycles. The van der Waals surface area contributed by atoms with Crippen molar-refractivity contribution in [2.45, 2.75) is 13.8 Å². The number of carbonyl (C=O) groups is 2. The van der Waals surface area contributed by atoms with Gasteiger partial charge in [0.1, 0.15) is 5.82 Å². The molecule has 0 atom stereocenters. The summed E-state index contributed by atoms with van der Waals surface area (Å²) in [4.78, 5) is 27.3. The second kappa shape index (κ2) is 5.88. The highest BCUT2D eigenvalue weighted by Crippen LogP contribution is 2.23. The molecule has 0 aliphatic rings. The van der Waals surface area contributed by atoms with Crippen molar-refractivity contribution in [1.82, 2.24) is 9.55 Å². The first kappa shape index (κ1) is 14.3. The summed E-state index contributed by atoms with van der Waals surface area (Å²) >= 11 is 6.17. The van der Waals surface area contributed by atoms with Crippen LogP contribution in [-0.2, 0) is 9.53 Å². The van der Waals surface area contributed by atoms with Gasteiger partial charge in [-0.25, -0.2) is 9.78 Å². The van der Waals surface area contributed by atoms with Crippen molar-refractivity contribution < 1.29 is 14.3 Å². The predicted molar refractivity (Wildman–Crippen MR) is 74.3 cm³/mol. The zero-order chi connectivity index (χ0) is 14.7. The summed E-state index contributed by atoms with van der Waals surface area (Å²) in [7, 11) is 0. The monoisotopic (exact) mass is 292 g/mol. The molecule has 0 radical (unpaired) electrons. The van der Waals surface area contributed by atoms with Crippen LogP contribution in [0.5, 0.6) is 0 Å². The third-order valence-electron chi connectivity index (χ3n) is 2.76. The van der Waals surface area contributed by atoms with Crippen LogP contribution in [0.2, 0.25) is 5.02 Å². The molecule has 0 saturated carbocycles. The number of esters is 1. The lowest BCUT2D eigenvalue weighted by molar-refractivity contribution is -0.137. The molecule has 1 aromatic heterocycles. The van der Waals surface area contributed by atoms with Gasteiger partial charge in [-0.05, 0) is 32.0 Å². The number of ether oxygens (including phenoxy) is 1. The molecule has 2 aromatic rings. The molecule has 104 valence electrons. The van der Waals surface area contributed by atoms with Gasteiger partial charge in [-0.2, -0.15) is 0 Å². The van der Waals surface area contributed by atoms with Gasteiger partial charge in [0.25, 0.3) is 5.78 Å². The lowest BCUT2D eigenvalue weighted by Crippen LogP contribution is -2.17. The Morgan fingerprint density at radius 1 is 1.40 bits per heavy atom. The van der Waals surface area contributed by atoms with E-state index < -0.39 is 11.8 Å². The molecule has 0 fully saturated rings. The van der Waals surface area contributed by atoms with Crippen LogP contribution in [0.1, 0.15) is 23.1 Å². The van der Waals surface area contributed by atoms with Crippen molar-refractivity contribution in [3.8, 4) is 5.69 Å². The van der Waals surface area contributed by atoms with Crippen LogP contribution in [0.3, 0.4) is 0 Å². The Morgan fingerprint density at radius 2 is 2.15 bits per heavy atom. The largest absolute Gasteiger partial charge is 0.460 e.